The summed E-state index contributed by atoms with van der Waals surface area (Å²) in [7, 11) is 0. The lowest BCUT2D eigenvalue weighted by atomic mass is 9.73. The van der Waals surface area contributed by atoms with Crippen LogP contribution in [0.2, 0.25) is 0 Å². The first kappa shape index (κ1) is 65.6. The molecule has 22 aromatic rings. The normalized spacial score (nSPS) is 15.7. The van der Waals surface area contributed by atoms with E-state index < -0.39 is 0 Å². The number of imidazole rings is 1. The molecular weight excluding hydrogens is 1500 g/mol. The van der Waals surface area contributed by atoms with E-state index in [0.29, 0.717) is 5.89 Å². The van der Waals surface area contributed by atoms with E-state index in [0.717, 1.165) is 55.3 Å². The van der Waals surface area contributed by atoms with Gasteiger partial charge < -0.3 is 4.42 Å². The Morgan fingerprint density at radius 3 is 1.21 bits per heavy atom. The second-order valence-corrected chi connectivity index (χ2v) is 35.4. The van der Waals surface area contributed by atoms with Crippen LogP contribution in [0.15, 0.2) is 381 Å². The number of benzene rings is 16. The number of nitrogens with zero attached hydrogens (tertiary/aromatic N) is 4. The zero-order chi connectivity index (χ0) is 76.4. The van der Waals surface area contributed by atoms with Crippen molar-refractivity contribution in [2.45, 2.75) is 16.2 Å². The average molecular weight is 1560 g/mol. The summed E-state index contributed by atoms with van der Waals surface area (Å²) in [6.45, 7) is 0. The zero-order valence-corrected chi connectivity index (χ0v) is 65.9. The van der Waals surface area contributed by atoms with Crippen LogP contribution < -0.4 is 0 Å². The molecule has 3 spiro atoms. The van der Waals surface area contributed by atoms with Gasteiger partial charge in [0, 0.05) is 84.0 Å². The molecular formula is C108H62N4OS4. The van der Waals surface area contributed by atoms with Crippen LogP contribution in [-0.4, -0.2) is 19.5 Å². The van der Waals surface area contributed by atoms with Gasteiger partial charge in [-0.15, -0.1) is 45.3 Å². The highest BCUT2D eigenvalue weighted by Gasteiger charge is 2.57. The van der Waals surface area contributed by atoms with Crippen molar-refractivity contribution in [2.24, 2.45) is 0 Å². The number of para-hydroxylation sites is 6. The van der Waals surface area contributed by atoms with E-state index in [4.69, 9.17) is 19.4 Å². The van der Waals surface area contributed by atoms with E-state index in [1.807, 2.05) is 58.3 Å². The van der Waals surface area contributed by atoms with Crippen molar-refractivity contribution in [3.05, 3.63) is 441 Å². The van der Waals surface area contributed by atoms with Crippen LogP contribution in [0.3, 0.4) is 0 Å². The van der Waals surface area contributed by atoms with Gasteiger partial charge in [-0.3, -0.25) is 4.57 Å². The Morgan fingerprint density at radius 2 is 0.650 bits per heavy atom. The van der Waals surface area contributed by atoms with Crippen LogP contribution in [0.1, 0.15) is 64.7 Å². The van der Waals surface area contributed by atoms with Crippen molar-refractivity contribution in [2.75, 3.05) is 0 Å². The van der Waals surface area contributed by atoms with Gasteiger partial charge in [0.05, 0.1) is 37.5 Å². The van der Waals surface area contributed by atoms with Crippen molar-refractivity contribution >= 4 is 108 Å². The van der Waals surface area contributed by atoms with Gasteiger partial charge >= 0.3 is 0 Å². The molecule has 0 saturated carbocycles. The first-order valence-electron chi connectivity index (χ1n) is 39.9. The zero-order valence-electron chi connectivity index (χ0n) is 62.6. The van der Waals surface area contributed by atoms with Crippen molar-refractivity contribution < 1.29 is 4.42 Å². The van der Waals surface area contributed by atoms with E-state index in [1.165, 1.54) is 172 Å². The van der Waals surface area contributed by atoms with Gasteiger partial charge in [0.25, 0.3) is 0 Å². The first-order chi connectivity index (χ1) is 58.0. The SMILES string of the molecule is c1ccc(-n2c(-c3ccc4c(c3)C3(c5ccccc5-4)c4ccccc4-c4c3sc3ccccc43)nc3ccccc32)cc1.c1ccc2c(c1)-c1c(-c3nc4ccccc4o3)cccc1C21c2ccccc2-c2c1sc1ccccc21.c1ccc2c(c1)-c1ccccc1C21c2cccc(-c3nc4ccccc4s3)c2-c2c1sc1ccccc21. The van der Waals surface area contributed by atoms with Crippen molar-refractivity contribution in [1.82, 2.24) is 19.5 Å². The minimum atomic E-state index is -0.374. The van der Waals surface area contributed by atoms with Gasteiger partial charge in [0.2, 0.25) is 5.89 Å². The molecule has 2 atom stereocenters. The van der Waals surface area contributed by atoms with E-state index >= 15 is 0 Å². The molecule has 6 aromatic heterocycles. The van der Waals surface area contributed by atoms with Gasteiger partial charge in [-0.1, -0.05) is 297 Å². The lowest BCUT2D eigenvalue weighted by molar-refractivity contribution is 0.620. The quantitative estimate of drug-likeness (QED) is 0.176. The minimum absolute atomic E-state index is 0.311. The van der Waals surface area contributed by atoms with Gasteiger partial charge in [0.15, 0.2) is 5.58 Å². The van der Waals surface area contributed by atoms with E-state index in [1.54, 1.807) is 11.3 Å². The number of thiazole rings is 1. The second kappa shape index (κ2) is 24.6. The van der Waals surface area contributed by atoms with Gasteiger partial charge in [-0.05, 0) is 179 Å². The number of fused-ring (bicyclic) bond motifs is 39. The van der Waals surface area contributed by atoms with E-state index in [9.17, 15) is 0 Å². The number of hydrogen-bond acceptors (Lipinski definition) is 8. The molecule has 0 bridgehead atoms. The molecule has 28 rings (SSSR count). The molecule has 0 aliphatic heterocycles. The average Bonchev–Trinajstić information content (AvgIpc) is 1.51. The molecule has 5 nitrogen and oxygen atoms in total. The highest BCUT2D eigenvalue weighted by molar-refractivity contribution is 7.22. The summed E-state index contributed by atoms with van der Waals surface area (Å²) in [5.74, 6) is 1.64. The highest BCUT2D eigenvalue weighted by atomic mass is 32.1. The predicted molar refractivity (Wildman–Crippen MR) is 486 cm³/mol. The second-order valence-electron chi connectivity index (χ2n) is 31.2. The van der Waals surface area contributed by atoms with Crippen LogP contribution in [0.25, 0.3) is 168 Å². The van der Waals surface area contributed by atoms with Crippen molar-refractivity contribution in [3.63, 3.8) is 0 Å². The topological polar surface area (TPSA) is 56.7 Å². The Morgan fingerprint density at radius 1 is 0.248 bits per heavy atom. The molecule has 0 N–H and O–H groups in total. The Labute approximate surface area is 689 Å². The maximum absolute atomic E-state index is 6.32. The largest absolute Gasteiger partial charge is 0.436 e. The van der Waals surface area contributed by atoms with Gasteiger partial charge in [-0.2, -0.15) is 0 Å². The third-order valence-corrected chi connectivity index (χ3v) is 30.6. The number of hydrogen-bond donors (Lipinski definition) is 0. The predicted octanol–water partition coefficient (Wildman–Crippen LogP) is 28.8. The molecule has 0 fully saturated rings. The summed E-state index contributed by atoms with van der Waals surface area (Å²) in [6.07, 6.45) is 0. The van der Waals surface area contributed by atoms with E-state index in [-0.39, 0.29) is 16.2 Å². The Kier molecular flexibility index (Phi) is 13.8. The standard InChI is InChI=1S/C40H24N2S.C34H19NOS.C34H19NS2/c1-2-12-26(13-3-1)42-35-20-10-9-19-34(35)41-39(42)25-22-23-28-27-14-4-7-17-31(27)40(33(28)24-25)32-18-8-5-15-29(32)37-30-16-6-11-21-36(30)43-38(37)40;1-4-14-24-20(10-1)30-23(33-35-27-17-6-7-18-28(27)36-33)13-9-16-26(30)34(24)25-15-5-2-11-21(25)31-22-12-3-8-19-29(22)37-32(31)34;1-4-14-24-20(10-1)21-11-2-5-15-25(21)34(24)26-16-9-13-23(33-35-27-17-6-8-19-29(27)37-33)30(26)31-22-12-3-7-18-28(22)36-32(31)34/h1-24H;2*1-19H. The molecule has 0 radical (unpaired) electrons. The minimum Gasteiger partial charge on any atom is -0.436 e. The van der Waals surface area contributed by atoms with Crippen LogP contribution in [0.4, 0.5) is 0 Å². The monoisotopic (exact) mass is 1560 g/mol. The summed E-state index contributed by atoms with van der Waals surface area (Å²) >= 11 is 7.64. The maximum atomic E-state index is 6.32. The molecule has 9 heteroatoms. The summed E-state index contributed by atoms with van der Waals surface area (Å²) < 4.78 is 13.9. The molecule has 544 valence electrons. The molecule has 6 heterocycles. The summed E-state index contributed by atoms with van der Waals surface area (Å²) in [5.41, 5.74) is 36.6. The van der Waals surface area contributed by atoms with Crippen molar-refractivity contribution in [3.8, 4) is 106 Å². The number of aromatic nitrogens is 4. The third kappa shape index (κ3) is 8.72. The van der Waals surface area contributed by atoms with E-state index in [2.05, 4.69) is 356 Å². The van der Waals surface area contributed by atoms with Crippen LogP contribution in [0.5, 0.6) is 0 Å². The lowest BCUT2D eigenvalue weighted by Gasteiger charge is -2.29. The number of rotatable bonds is 4. The molecule has 16 aromatic carbocycles. The van der Waals surface area contributed by atoms with Crippen molar-refractivity contribution in [1.29, 1.82) is 0 Å². The molecule has 6 aliphatic carbocycles. The fourth-order valence-corrected chi connectivity index (χ4v) is 26.6. The van der Waals surface area contributed by atoms with Crippen LogP contribution in [0, 0.1) is 0 Å². The summed E-state index contributed by atoms with van der Waals surface area (Å²) in [6, 6.07) is 137. The van der Waals surface area contributed by atoms with Crippen LogP contribution in [-0.2, 0) is 16.2 Å². The third-order valence-electron chi connectivity index (χ3n) is 25.7. The summed E-state index contributed by atoms with van der Waals surface area (Å²) in [4.78, 5) is 19.5. The Hall–Kier alpha value is -13.8. The van der Waals surface area contributed by atoms with Gasteiger partial charge in [-0.25, -0.2) is 15.0 Å². The van der Waals surface area contributed by atoms with Crippen LogP contribution >= 0.6 is 45.3 Å². The number of oxazole rings is 1. The Balaban J connectivity index is 0.0000000961. The molecule has 6 aliphatic rings. The fourth-order valence-electron chi connectivity index (χ4n) is 21.2. The summed E-state index contributed by atoms with van der Waals surface area (Å²) in [5, 5.41) is 5.12. The molecule has 117 heavy (non-hydrogen) atoms. The smallest absolute Gasteiger partial charge is 0.227 e. The molecule has 2 unspecified atom stereocenters. The molecule has 0 saturated heterocycles. The Bertz CT molecular complexity index is 7910. The fraction of sp³-hybridized carbons (Fsp3) is 0.0278. The number of thiophene rings is 3. The molecule has 0 amide bonds. The maximum Gasteiger partial charge on any atom is 0.227 e. The lowest BCUT2D eigenvalue weighted by Crippen LogP contribution is -2.25. The van der Waals surface area contributed by atoms with Gasteiger partial charge in [0.1, 0.15) is 16.3 Å². The highest BCUT2D eigenvalue weighted by Crippen LogP contribution is 2.71. The first-order valence-corrected chi connectivity index (χ1v) is 43.1.